The average Bonchev–Trinajstić information content (AvgIpc) is 3.31. The van der Waals surface area contributed by atoms with E-state index in [-0.39, 0.29) is 18.0 Å². The summed E-state index contributed by atoms with van der Waals surface area (Å²) in [6.45, 7) is 5.51. The smallest absolute Gasteiger partial charge is 0.293 e. The van der Waals surface area contributed by atoms with Crippen molar-refractivity contribution in [3.63, 3.8) is 0 Å². The number of aryl methyl sites for hydroxylation is 1. The standard InChI is InChI=1S/C25H26N6O2/c1-19-26-30(25(33)23-16-22(27-31(19)23)21-10-6-3-7-11-21)18-24(32)29-14-12-28(13-15-29)17-20-8-4-2-5-9-20/h2-11,16H,12-15,17-18H2,1H3. The molecule has 0 saturated carbocycles. The third kappa shape index (κ3) is 4.42. The third-order valence-corrected chi connectivity index (χ3v) is 6.06. The second kappa shape index (κ2) is 8.99. The van der Waals surface area contributed by atoms with Crippen molar-refractivity contribution in [3.05, 3.63) is 88.5 Å². The SMILES string of the molecule is Cc1nn(CC(=O)N2CCN(Cc3ccccc3)CC2)c(=O)c2cc(-c3ccccc3)nn12. The first-order valence-electron chi connectivity index (χ1n) is 11.2. The Labute approximate surface area is 191 Å². The van der Waals surface area contributed by atoms with Crippen LogP contribution in [-0.2, 0) is 17.9 Å². The molecule has 3 heterocycles. The summed E-state index contributed by atoms with van der Waals surface area (Å²) in [7, 11) is 0. The Morgan fingerprint density at radius 1 is 0.909 bits per heavy atom. The van der Waals surface area contributed by atoms with Gasteiger partial charge in [0.25, 0.3) is 5.56 Å². The molecule has 8 nitrogen and oxygen atoms in total. The van der Waals surface area contributed by atoms with E-state index in [0.717, 1.165) is 25.2 Å². The summed E-state index contributed by atoms with van der Waals surface area (Å²) in [5.74, 6) is 0.475. The second-order valence-corrected chi connectivity index (χ2v) is 8.35. The predicted molar refractivity (Wildman–Crippen MR) is 126 cm³/mol. The van der Waals surface area contributed by atoms with E-state index in [1.54, 1.807) is 17.5 Å². The Morgan fingerprint density at radius 2 is 1.58 bits per heavy atom. The fourth-order valence-corrected chi connectivity index (χ4v) is 4.26. The fraction of sp³-hybridized carbons (Fsp3) is 0.280. The Balaban J connectivity index is 1.28. The molecule has 2 aromatic carbocycles. The second-order valence-electron chi connectivity index (χ2n) is 8.35. The molecular weight excluding hydrogens is 416 g/mol. The quantitative estimate of drug-likeness (QED) is 0.474. The van der Waals surface area contributed by atoms with E-state index < -0.39 is 0 Å². The molecule has 4 aromatic rings. The zero-order valence-corrected chi connectivity index (χ0v) is 18.6. The number of aromatic nitrogens is 4. The van der Waals surface area contributed by atoms with Gasteiger partial charge in [-0.05, 0) is 18.6 Å². The van der Waals surface area contributed by atoms with Crippen molar-refractivity contribution in [2.75, 3.05) is 26.2 Å². The summed E-state index contributed by atoms with van der Waals surface area (Å²) in [6.07, 6.45) is 0. The molecule has 0 unspecified atom stereocenters. The van der Waals surface area contributed by atoms with Gasteiger partial charge < -0.3 is 4.90 Å². The first kappa shape index (κ1) is 21.1. The van der Waals surface area contributed by atoms with Crippen LogP contribution < -0.4 is 5.56 Å². The van der Waals surface area contributed by atoms with Gasteiger partial charge in [-0.15, -0.1) is 0 Å². The van der Waals surface area contributed by atoms with Crippen molar-refractivity contribution in [2.45, 2.75) is 20.0 Å². The molecule has 8 heteroatoms. The molecular formula is C25H26N6O2. The third-order valence-electron chi connectivity index (χ3n) is 6.06. The highest BCUT2D eigenvalue weighted by molar-refractivity contribution is 5.76. The first-order chi connectivity index (χ1) is 16.1. The van der Waals surface area contributed by atoms with Crippen molar-refractivity contribution in [1.82, 2.24) is 29.2 Å². The molecule has 1 saturated heterocycles. The van der Waals surface area contributed by atoms with Crippen LogP contribution in [0.15, 0.2) is 71.5 Å². The molecule has 1 aliphatic rings. The van der Waals surface area contributed by atoms with Gasteiger partial charge >= 0.3 is 0 Å². The number of piperazine rings is 1. The van der Waals surface area contributed by atoms with Crippen molar-refractivity contribution >= 4 is 11.4 Å². The Kier molecular flexibility index (Phi) is 5.75. The maximum absolute atomic E-state index is 13.1. The number of benzene rings is 2. The van der Waals surface area contributed by atoms with E-state index in [9.17, 15) is 9.59 Å². The topological polar surface area (TPSA) is 75.7 Å². The van der Waals surface area contributed by atoms with Gasteiger partial charge in [-0.25, -0.2) is 9.20 Å². The van der Waals surface area contributed by atoms with Crippen LogP contribution in [0.5, 0.6) is 0 Å². The van der Waals surface area contributed by atoms with Gasteiger partial charge in [-0.2, -0.15) is 10.2 Å². The maximum Gasteiger partial charge on any atom is 0.293 e. The van der Waals surface area contributed by atoms with E-state index in [1.165, 1.54) is 10.2 Å². The molecule has 1 fully saturated rings. The Morgan fingerprint density at radius 3 is 2.27 bits per heavy atom. The molecule has 0 radical (unpaired) electrons. The maximum atomic E-state index is 13.1. The highest BCUT2D eigenvalue weighted by Gasteiger charge is 2.23. The zero-order chi connectivity index (χ0) is 22.8. The summed E-state index contributed by atoms with van der Waals surface area (Å²) in [5, 5.41) is 8.90. The van der Waals surface area contributed by atoms with Crippen molar-refractivity contribution in [1.29, 1.82) is 0 Å². The fourth-order valence-electron chi connectivity index (χ4n) is 4.26. The summed E-state index contributed by atoms with van der Waals surface area (Å²) in [4.78, 5) is 30.2. The van der Waals surface area contributed by atoms with Gasteiger partial charge in [-0.3, -0.25) is 14.5 Å². The van der Waals surface area contributed by atoms with Crippen LogP contribution in [-0.4, -0.2) is 61.3 Å². The molecule has 0 bridgehead atoms. The van der Waals surface area contributed by atoms with Crippen LogP contribution >= 0.6 is 0 Å². The van der Waals surface area contributed by atoms with Crippen LogP contribution in [0, 0.1) is 6.92 Å². The first-order valence-corrected chi connectivity index (χ1v) is 11.2. The van der Waals surface area contributed by atoms with E-state index >= 15 is 0 Å². The number of amides is 1. The summed E-state index contributed by atoms with van der Waals surface area (Å²) in [6, 6.07) is 21.8. The van der Waals surface area contributed by atoms with Crippen LogP contribution in [0.2, 0.25) is 0 Å². The van der Waals surface area contributed by atoms with E-state index in [2.05, 4.69) is 27.2 Å². The molecule has 0 N–H and O–H groups in total. The predicted octanol–water partition coefficient (Wildman–Crippen LogP) is 2.21. The summed E-state index contributed by atoms with van der Waals surface area (Å²) < 4.78 is 2.81. The van der Waals surface area contributed by atoms with E-state index in [4.69, 9.17) is 0 Å². The highest BCUT2D eigenvalue weighted by atomic mass is 16.2. The Hall–Kier alpha value is -3.78. The van der Waals surface area contributed by atoms with Crippen LogP contribution in [0.3, 0.4) is 0 Å². The van der Waals surface area contributed by atoms with Crippen molar-refractivity contribution < 1.29 is 4.79 Å². The minimum Gasteiger partial charge on any atom is -0.339 e. The number of rotatable bonds is 5. The van der Waals surface area contributed by atoms with Gasteiger partial charge in [0, 0.05) is 38.3 Å². The molecule has 1 aliphatic heterocycles. The number of nitrogens with zero attached hydrogens (tertiary/aromatic N) is 6. The molecule has 1 amide bonds. The van der Waals surface area contributed by atoms with Crippen molar-refractivity contribution in [3.8, 4) is 11.3 Å². The van der Waals surface area contributed by atoms with E-state index in [1.807, 2.05) is 53.4 Å². The van der Waals surface area contributed by atoms with Gasteiger partial charge in [0.2, 0.25) is 5.91 Å². The molecule has 0 spiro atoms. The van der Waals surface area contributed by atoms with Gasteiger partial charge in [-0.1, -0.05) is 60.7 Å². The van der Waals surface area contributed by atoms with Gasteiger partial charge in [0.15, 0.2) is 0 Å². The van der Waals surface area contributed by atoms with Gasteiger partial charge in [0.05, 0.1) is 5.69 Å². The lowest BCUT2D eigenvalue weighted by Gasteiger charge is -2.34. The number of hydrogen-bond acceptors (Lipinski definition) is 5. The average molecular weight is 443 g/mol. The van der Waals surface area contributed by atoms with Crippen LogP contribution in [0.25, 0.3) is 16.8 Å². The zero-order valence-electron chi connectivity index (χ0n) is 18.6. The summed E-state index contributed by atoms with van der Waals surface area (Å²) in [5.41, 5.74) is 3.01. The number of hydrogen-bond donors (Lipinski definition) is 0. The van der Waals surface area contributed by atoms with Crippen LogP contribution in [0.4, 0.5) is 0 Å². The van der Waals surface area contributed by atoms with Gasteiger partial charge in [0.1, 0.15) is 17.9 Å². The lowest BCUT2D eigenvalue weighted by molar-refractivity contribution is -0.133. The number of carbonyl (C=O) groups is 1. The van der Waals surface area contributed by atoms with Crippen molar-refractivity contribution in [2.24, 2.45) is 0 Å². The molecule has 33 heavy (non-hydrogen) atoms. The number of fused-ring (bicyclic) bond motifs is 1. The monoisotopic (exact) mass is 442 g/mol. The molecule has 0 aliphatic carbocycles. The summed E-state index contributed by atoms with van der Waals surface area (Å²) >= 11 is 0. The molecule has 168 valence electrons. The molecule has 5 rings (SSSR count). The minimum absolute atomic E-state index is 0.0687. The lowest BCUT2D eigenvalue weighted by Crippen LogP contribution is -2.49. The molecule has 2 aromatic heterocycles. The highest BCUT2D eigenvalue weighted by Crippen LogP contribution is 2.18. The van der Waals surface area contributed by atoms with E-state index in [0.29, 0.717) is 30.1 Å². The normalized spacial score (nSPS) is 14.6. The molecule has 0 atom stereocenters. The lowest BCUT2D eigenvalue weighted by atomic mass is 10.1. The largest absolute Gasteiger partial charge is 0.339 e. The van der Waals surface area contributed by atoms with Crippen LogP contribution in [0.1, 0.15) is 11.4 Å². The Bertz CT molecular complexity index is 1320. The minimum atomic E-state index is -0.314. The number of carbonyl (C=O) groups excluding carboxylic acids is 1.